The number of amides is 3. The molecule has 0 radical (unpaired) electrons. The van der Waals surface area contributed by atoms with Gasteiger partial charge in [0.1, 0.15) is 11.9 Å². The number of hydrogen-bond acceptors (Lipinski definition) is 6. The molecule has 11 nitrogen and oxygen atoms in total. The standard InChI is InChI=1S/C33H43FN8O3/c1-38-31(44)29(19-22-8-11-23-5-2-3-6-24(23)17-22)42-16-14-26(41-28(32(42)45)7-4-15-39-33(36)37)20-40-30(43)27(35)18-21-9-12-25(34)13-10-21/h2-3,5-6,8-13,17,26-29,41H,4,7,14-16,18-20,35H2,1H3,(H,38,44)(H,40,43)(H4,36,37,39)/t26-,27+,28+,29+/m1/s1. The highest BCUT2D eigenvalue weighted by Crippen LogP contribution is 2.21. The lowest BCUT2D eigenvalue weighted by molar-refractivity contribution is -0.141. The quantitative estimate of drug-likeness (QED) is 0.0936. The van der Waals surface area contributed by atoms with Gasteiger partial charge in [-0.3, -0.25) is 19.4 Å². The molecule has 0 unspecified atom stereocenters. The number of nitrogens with zero attached hydrogens (tertiary/aromatic N) is 2. The Labute approximate surface area is 262 Å². The zero-order valence-electron chi connectivity index (χ0n) is 25.5. The highest BCUT2D eigenvalue weighted by atomic mass is 19.1. The summed E-state index contributed by atoms with van der Waals surface area (Å²) in [5.74, 6) is -1.18. The lowest BCUT2D eigenvalue weighted by atomic mass is 9.99. The third-order valence-corrected chi connectivity index (χ3v) is 8.08. The maximum absolute atomic E-state index is 14.0. The average molecular weight is 619 g/mol. The Morgan fingerprint density at radius 1 is 1.02 bits per heavy atom. The Hall–Kier alpha value is -4.55. The molecule has 0 aromatic heterocycles. The van der Waals surface area contributed by atoms with Crippen LogP contribution in [0.25, 0.3) is 10.8 Å². The zero-order valence-corrected chi connectivity index (χ0v) is 25.5. The second-order valence-electron chi connectivity index (χ2n) is 11.4. The highest BCUT2D eigenvalue weighted by molar-refractivity contribution is 5.90. The van der Waals surface area contributed by atoms with Gasteiger partial charge in [-0.05, 0) is 59.7 Å². The summed E-state index contributed by atoms with van der Waals surface area (Å²) in [6.45, 7) is 0.893. The molecular formula is C33H43FN8O3. The van der Waals surface area contributed by atoms with E-state index in [-0.39, 0.29) is 48.5 Å². The second-order valence-corrected chi connectivity index (χ2v) is 11.4. The first-order valence-corrected chi connectivity index (χ1v) is 15.2. The highest BCUT2D eigenvalue weighted by Gasteiger charge is 2.37. The first-order valence-electron chi connectivity index (χ1n) is 15.2. The summed E-state index contributed by atoms with van der Waals surface area (Å²) in [7, 11) is 1.57. The minimum atomic E-state index is -0.825. The number of fused-ring (bicyclic) bond motifs is 1. The summed E-state index contributed by atoms with van der Waals surface area (Å²) >= 11 is 0. The van der Waals surface area contributed by atoms with Gasteiger partial charge >= 0.3 is 0 Å². The monoisotopic (exact) mass is 618 g/mol. The second kappa shape index (κ2) is 16.0. The fourth-order valence-corrected chi connectivity index (χ4v) is 5.65. The van der Waals surface area contributed by atoms with Crippen LogP contribution in [0.4, 0.5) is 4.39 Å². The summed E-state index contributed by atoms with van der Waals surface area (Å²) in [5.41, 5.74) is 18.8. The molecule has 4 rings (SSSR count). The van der Waals surface area contributed by atoms with Crippen molar-refractivity contribution >= 4 is 34.5 Å². The van der Waals surface area contributed by atoms with Crippen LogP contribution in [0.1, 0.15) is 30.4 Å². The third kappa shape index (κ3) is 9.47. The predicted octanol–water partition coefficient (Wildman–Crippen LogP) is 0.935. The predicted molar refractivity (Wildman–Crippen MR) is 174 cm³/mol. The van der Waals surface area contributed by atoms with Crippen molar-refractivity contribution in [3.8, 4) is 0 Å². The molecule has 240 valence electrons. The summed E-state index contributed by atoms with van der Waals surface area (Å²) in [6.07, 6.45) is 2.06. The molecule has 1 aliphatic heterocycles. The van der Waals surface area contributed by atoms with Crippen LogP contribution in [0.3, 0.4) is 0 Å². The number of aliphatic imine (C=N–C) groups is 1. The van der Waals surface area contributed by atoms with E-state index in [1.807, 2.05) is 42.5 Å². The maximum Gasteiger partial charge on any atom is 0.242 e. The Morgan fingerprint density at radius 2 is 1.73 bits per heavy atom. The van der Waals surface area contributed by atoms with Gasteiger partial charge < -0.3 is 38.1 Å². The van der Waals surface area contributed by atoms with E-state index in [2.05, 4.69) is 20.9 Å². The number of hydrogen-bond donors (Lipinski definition) is 6. The van der Waals surface area contributed by atoms with Gasteiger partial charge in [0, 0.05) is 39.1 Å². The number of guanidine groups is 1. The normalized spacial score (nSPS) is 18.1. The molecule has 0 aliphatic carbocycles. The van der Waals surface area contributed by atoms with Gasteiger partial charge in [0.15, 0.2) is 5.96 Å². The van der Waals surface area contributed by atoms with Gasteiger partial charge in [-0.1, -0.05) is 54.6 Å². The van der Waals surface area contributed by atoms with Crippen molar-refractivity contribution in [3.05, 3.63) is 83.7 Å². The van der Waals surface area contributed by atoms with Crippen molar-refractivity contribution in [2.24, 2.45) is 22.2 Å². The van der Waals surface area contributed by atoms with Gasteiger partial charge in [0.2, 0.25) is 17.7 Å². The summed E-state index contributed by atoms with van der Waals surface area (Å²) in [6, 6.07) is 17.5. The summed E-state index contributed by atoms with van der Waals surface area (Å²) in [5, 5.41) is 11.2. The van der Waals surface area contributed by atoms with E-state index in [1.165, 1.54) is 12.1 Å². The van der Waals surface area contributed by atoms with Crippen molar-refractivity contribution < 1.29 is 18.8 Å². The van der Waals surface area contributed by atoms with Crippen molar-refractivity contribution in [2.75, 3.05) is 26.7 Å². The first kappa shape index (κ1) is 33.3. The lowest BCUT2D eigenvalue weighted by Crippen LogP contribution is -2.54. The molecule has 0 spiro atoms. The molecule has 0 bridgehead atoms. The zero-order chi connectivity index (χ0) is 32.3. The maximum atomic E-state index is 14.0. The van der Waals surface area contributed by atoms with Crippen molar-refractivity contribution in [1.29, 1.82) is 0 Å². The van der Waals surface area contributed by atoms with Crippen LogP contribution in [0, 0.1) is 5.82 Å². The number of nitrogens with two attached hydrogens (primary N) is 3. The van der Waals surface area contributed by atoms with Crippen LogP contribution in [0.15, 0.2) is 71.7 Å². The van der Waals surface area contributed by atoms with Crippen molar-refractivity contribution in [2.45, 2.75) is 56.3 Å². The number of halogens is 1. The summed E-state index contributed by atoms with van der Waals surface area (Å²) < 4.78 is 13.3. The number of benzene rings is 3. The van der Waals surface area contributed by atoms with Gasteiger partial charge in [-0.25, -0.2) is 4.39 Å². The molecule has 45 heavy (non-hydrogen) atoms. The van der Waals surface area contributed by atoms with Crippen LogP contribution in [0.2, 0.25) is 0 Å². The lowest BCUT2D eigenvalue weighted by Gasteiger charge is -2.31. The van der Waals surface area contributed by atoms with E-state index in [9.17, 15) is 18.8 Å². The van der Waals surface area contributed by atoms with Gasteiger partial charge in [0.05, 0.1) is 12.1 Å². The van der Waals surface area contributed by atoms with Gasteiger partial charge in [-0.2, -0.15) is 0 Å². The SMILES string of the molecule is CNC(=O)[C@H](Cc1ccc2ccccc2c1)N1CC[C@H](CNC(=O)[C@@H](N)Cc2ccc(F)cc2)N[C@@H](CCCN=C(N)N)C1=O. The number of likely N-dealkylation sites (N-methyl/N-ethyl adjacent to an activating group) is 1. The molecule has 3 aromatic carbocycles. The molecule has 1 aliphatic rings. The van der Waals surface area contributed by atoms with Crippen LogP contribution in [-0.4, -0.2) is 79.4 Å². The van der Waals surface area contributed by atoms with Gasteiger partial charge in [-0.15, -0.1) is 0 Å². The third-order valence-electron chi connectivity index (χ3n) is 8.08. The average Bonchev–Trinajstić information content (AvgIpc) is 3.19. The van der Waals surface area contributed by atoms with Crippen LogP contribution >= 0.6 is 0 Å². The molecule has 3 amide bonds. The number of nitrogens with one attached hydrogen (secondary N) is 3. The first-order chi connectivity index (χ1) is 21.6. The Morgan fingerprint density at radius 3 is 2.44 bits per heavy atom. The molecule has 1 heterocycles. The van der Waals surface area contributed by atoms with Crippen LogP contribution < -0.4 is 33.2 Å². The number of rotatable bonds is 13. The van der Waals surface area contributed by atoms with E-state index < -0.39 is 18.1 Å². The van der Waals surface area contributed by atoms with Crippen LogP contribution in [0.5, 0.6) is 0 Å². The Kier molecular flexibility index (Phi) is 11.8. The molecule has 1 fully saturated rings. The van der Waals surface area contributed by atoms with E-state index in [1.54, 1.807) is 24.1 Å². The number of carbonyl (C=O) groups excluding carboxylic acids is 3. The van der Waals surface area contributed by atoms with E-state index in [0.717, 1.165) is 21.9 Å². The molecule has 0 saturated carbocycles. The van der Waals surface area contributed by atoms with Gasteiger partial charge in [0.25, 0.3) is 0 Å². The smallest absolute Gasteiger partial charge is 0.242 e. The fraction of sp³-hybridized carbons (Fsp3) is 0.394. The molecular weight excluding hydrogens is 575 g/mol. The molecule has 9 N–H and O–H groups in total. The van der Waals surface area contributed by atoms with E-state index in [4.69, 9.17) is 17.2 Å². The molecule has 12 heteroatoms. The topological polar surface area (TPSA) is 181 Å². The van der Waals surface area contributed by atoms with Crippen LogP contribution in [-0.2, 0) is 27.2 Å². The largest absolute Gasteiger partial charge is 0.370 e. The van der Waals surface area contributed by atoms with E-state index >= 15 is 0 Å². The van der Waals surface area contributed by atoms with E-state index in [0.29, 0.717) is 38.8 Å². The Balaban J connectivity index is 1.48. The minimum Gasteiger partial charge on any atom is -0.370 e. The minimum absolute atomic E-state index is 0.0237. The molecule has 4 atom stereocenters. The molecule has 3 aromatic rings. The van der Waals surface area contributed by atoms with Crippen molar-refractivity contribution in [1.82, 2.24) is 20.9 Å². The fourth-order valence-electron chi connectivity index (χ4n) is 5.65. The summed E-state index contributed by atoms with van der Waals surface area (Å²) in [4.78, 5) is 45.8. The molecule has 1 saturated heterocycles. The Bertz CT molecular complexity index is 1490. The van der Waals surface area contributed by atoms with Crippen molar-refractivity contribution in [3.63, 3.8) is 0 Å². The number of carbonyl (C=O) groups is 3.